The fourth-order valence-electron chi connectivity index (χ4n) is 2.24. The lowest BCUT2D eigenvalue weighted by molar-refractivity contribution is -0.385. The van der Waals surface area contributed by atoms with E-state index in [2.05, 4.69) is 0 Å². The highest BCUT2D eigenvalue weighted by Crippen LogP contribution is 2.35. The van der Waals surface area contributed by atoms with Crippen LogP contribution in [0.15, 0.2) is 42.5 Å². The first kappa shape index (κ1) is 13.4. The summed E-state index contributed by atoms with van der Waals surface area (Å²) in [5.74, 6) is 1.13. The summed E-state index contributed by atoms with van der Waals surface area (Å²) in [5, 5.41) is 20.6. The Morgan fingerprint density at radius 2 is 2.14 bits per heavy atom. The van der Waals surface area contributed by atoms with Crippen molar-refractivity contribution in [3.63, 3.8) is 0 Å². The van der Waals surface area contributed by atoms with Gasteiger partial charge in [-0.3, -0.25) is 10.1 Å². The van der Waals surface area contributed by atoms with E-state index in [0.29, 0.717) is 17.1 Å². The number of nitro groups is 1. The van der Waals surface area contributed by atoms with Gasteiger partial charge in [-0.1, -0.05) is 12.1 Å². The Labute approximate surface area is 120 Å². The molecule has 0 saturated heterocycles. The van der Waals surface area contributed by atoms with Gasteiger partial charge in [0, 0.05) is 17.7 Å². The zero-order chi connectivity index (χ0) is 14.8. The monoisotopic (exact) mass is 287 g/mol. The van der Waals surface area contributed by atoms with E-state index in [9.17, 15) is 15.2 Å². The topological polar surface area (TPSA) is 81.8 Å². The van der Waals surface area contributed by atoms with Gasteiger partial charge in [0.1, 0.15) is 30.8 Å². The summed E-state index contributed by atoms with van der Waals surface area (Å²) >= 11 is 0. The minimum absolute atomic E-state index is 0.0327. The standard InChI is InChI=1S/C15H13NO5/c17-14-9-21-15-7-11(5-6-12(14)15)20-8-10-3-1-2-4-13(10)16(18)19/h1-7,14,17H,8-9H2. The zero-order valence-corrected chi connectivity index (χ0v) is 11.1. The molecule has 1 unspecified atom stereocenters. The van der Waals surface area contributed by atoms with Crippen LogP contribution >= 0.6 is 0 Å². The number of nitro benzene ring substituents is 1. The molecular formula is C15H13NO5. The lowest BCUT2D eigenvalue weighted by atomic mass is 10.1. The summed E-state index contributed by atoms with van der Waals surface area (Å²) in [7, 11) is 0. The Bertz CT molecular complexity index is 686. The van der Waals surface area contributed by atoms with Crippen LogP contribution in [0.1, 0.15) is 17.2 Å². The molecule has 2 aromatic carbocycles. The van der Waals surface area contributed by atoms with Gasteiger partial charge >= 0.3 is 0 Å². The van der Waals surface area contributed by atoms with Crippen LogP contribution in [0.4, 0.5) is 5.69 Å². The predicted molar refractivity (Wildman–Crippen MR) is 74.3 cm³/mol. The molecule has 2 aromatic rings. The normalized spacial score (nSPS) is 16.1. The molecule has 0 fully saturated rings. The van der Waals surface area contributed by atoms with Gasteiger partial charge in [0.15, 0.2) is 0 Å². The van der Waals surface area contributed by atoms with Gasteiger partial charge in [-0.05, 0) is 18.2 Å². The fourth-order valence-corrected chi connectivity index (χ4v) is 2.24. The summed E-state index contributed by atoms with van der Waals surface area (Å²) in [6.45, 7) is 0.335. The van der Waals surface area contributed by atoms with Crippen LogP contribution < -0.4 is 9.47 Å². The Morgan fingerprint density at radius 3 is 2.95 bits per heavy atom. The largest absolute Gasteiger partial charge is 0.490 e. The molecule has 1 aliphatic heterocycles. The molecule has 1 heterocycles. The third-order valence-electron chi connectivity index (χ3n) is 3.32. The molecule has 1 atom stereocenters. The van der Waals surface area contributed by atoms with Crippen molar-refractivity contribution in [1.29, 1.82) is 0 Å². The number of nitrogens with zero attached hydrogens (tertiary/aromatic N) is 1. The highest BCUT2D eigenvalue weighted by Gasteiger charge is 2.22. The first-order chi connectivity index (χ1) is 10.1. The molecule has 0 aliphatic carbocycles. The van der Waals surface area contributed by atoms with Crippen LogP contribution in [-0.2, 0) is 6.61 Å². The van der Waals surface area contributed by atoms with Gasteiger partial charge < -0.3 is 14.6 Å². The Morgan fingerprint density at radius 1 is 1.33 bits per heavy atom. The first-order valence-electron chi connectivity index (χ1n) is 6.45. The van der Waals surface area contributed by atoms with Crippen LogP contribution in [0.3, 0.4) is 0 Å². The second-order valence-electron chi connectivity index (χ2n) is 4.70. The maximum Gasteiger partial charge on any atom is 0.276 e. The van der Waals surface area contributed by atoms with E-state index in [0.717, 1.165) is 5.56 Å². The second-order valence-corrected chi connectivity index (χ2v) is 4.70. The molecule has 108 valence electrons. The molecule has 1 aliphatic rings. The summed E-state index contributed by atoms with van der Waals surface area (Å²) in [6.07, 6.45) is -0.607. The van der Waals surface area contributed by atoms with E-state index in [4.69, 9.17) is 9.47 Å². The second kappa shape index (κ2) is 5.41. The maximum absolute atomic E-state index is 10.9. The number of aliphatic hydroxyl groups is 1. The average Bonchev–Trinajstić information content (AvgIpc) is 2.86. The summed E-state index contributed by atoms with van der Waals surface area (Å²) < 4.78 is 10.9. The van der Waals surface area contributed by atoms with Gasteiger partial charge in [0.05, 0.1) is 10.5 Å². The van der Waals surface area contributed by atoms with Crippen molar-refractivity contribution in [2.24, 2.45) is 0 Å². The Hall–Kier alpha value is -2.60. The lowest BCUT2D eigenvalue weighted by Gasteiger charge is -2.08. The molecular weight excluding hydrogens is 274 g/mol. The van der Waals surface area contributed by atoms with Crippen LogP contribution in [0.25, 0.3) is 0 Å². The number of aliphatic hydroxyl groups excluding tert-OH is 1. The van der Waals surface area contributed by atoms with E-state index in [-0.39, 0.29) is 18.9 Å². The molecule has 0 bridgehead atoms. The number of benzene rings is 2. The highest BCUT2D eigenvalue weighted by atomic mass is 16.6. The van der Waals surface area contributed by atoms with Crippen molar-refractivity contribution in [3.05, 3.63) is 63.7 Å². The molecule has 0 amide bonds. The van der Waals surface area contributed by atoms with Gasteiger partial charge in [0.2, 0.25) is 0 Å². The minimum atomic E-state index is -0.607. The van der Waals surface area contributed by atoms with Crippen LogP contribution in [0.5, 0.6) is 11.5 Å². The number of rotatable bonds is 4. The van der Waals surface area contributed by atoms with Crippen molar-refractivity contribution >= 4 is 5.69 Å². The summed E-state index contributed by atoms with van der Waals surface area (Å²) in [4.78, 5) is 10.5. The average molecular weight is 287 g/mol. The van der Waals surface area contributed by atoms with Crippen LogP contribution in [0, 0.1) is 10.1 Å². The minimum Gasteiger partial charge on any atom is -0.490 e. The predicted octanol–water partition coefficient (Wildman–Crippen LogP) is 2.60. The quantitative estimate of drug-likeness (QED) is 0.690. The van der Waals surface area contributed by atoms with Crippen molar-refractivity contribution < 1.29 is 19.5 Å². The number of fused-ring (bicyclic) bond motifs is 1. The molecule has 1 N–H and O–H groups in total. The van der Waals surface area contributed by atoms with Gasteiger partial charge in [-0.2, -0.15) is 0 Å². The number of para-hydroxylation sites is 1. The molecule has 0 aromatic heterocycles. The molecule has 0 saturated carbocycles. The summed E-state index contributed by atoms with van der Waals surface area (Å²) in [5.41, 5.74) is 1.27. The maximum atomic E-state index is 10.9. The molecule has 0 radical (unpaired) electrons. The number of hydrogen-bond donors (Lipinski definition) is 1. The van der Waals surface area contributed by atoms with E-state index in [1.165, 1.54) is 6.07 Å². The lowest BCUT2D eigenvalue weighted by Crippen LogP contribution is -2.00. The Balaban J connectivity index is 1.76. The summed E-state index contributed by atoms with van der Waals surface area (Å²) in [6, 6.07) is 11.6. The smallest absolute Gasteiger partial charge is 0.276 e. The van der Waals surface area contributed by atoms with Crippen LogP contribution in [0.2, 0.25) is 0 Å². The van der Waals surface area contributed by atoms with Gasteiger partial charge in [0.25, 0.3) is 5.69 Å². The van der Waals surface area contributed by atoms with E-state index >= 15 is 0 Å². The first-order valence-corrected chi connectivity index (χ1v) is 6.45. The van der Waals surface area contributed by atoms with E-state index < -0.39 is 11.0 Å². The fraction of sp³-hybridized carbons (Fsp3) is 0.200. The van der Waals surface area contributed by atoms with Crippen molar-refractivity contribution in [2.75, 3.05) is 6.61 Å². The van der Waals surface area contributed by atoms with E-state index in [1.54, 1.807) is 36.4 Å². The van der Waals surface area contributed by atoms with Crippen molar-refractivity contribution in [3.8, 4) is 11.5 Å². The van der Waals surface area contributed by atoms with Gasteiger partial charge in [-0.25, -0.2) is 0 Å². The third kappa shape index (κ3) is 2.66. The third-order valence-corrected chi connectivity index (χ3v) is 3.32. The van der Waals surface area contributed by atoms with Crippen LogP contribution in [-0.4, -0.2) is 16.6 Å². The molecule has 6 heteroatoms. The highest BCUT2D eigenvalue weighted by molar-refractivity contribution is 5.45. The molecule has 6 nitrogen and oxygen atoms in total. The number of ether oxygens (including phenoxy) is 2. The SMILES string of the molecule is O=[N+]([O-])c1ccccc1COc1ccc2c(c1)OCC2O. The molecule has 21 heavy (non-hydrogen) atoms. The Kier molecular flexibility index (Phi) is 3.45. The van der Waals surface area contributed by atoms with Crippen molar-refractivity contribution in [2.45, 2.75) is 12.7 Å². The van der Waals surface area contributed by atoms with E-state index in [1.807, 2.05) is 0 Å². The molecule has 0 spiro atoms. The van der Waals surface area contributed by atoms with Crippen molar-refractivity contribution in [1.82, 2.24) is 0 Å². The molecule has 3 rings (SSSR count). The number of hydrogen-bond acceptors (Lipinski definition) is 5. The zero-order valence-electron chi connectivity index (χ0n) is 11.1. The van der Waals surface area contributed by atoms with Gasteiger partial charge in [-0.15, -0.1) is 0 Å².